The molecule has 0 aliphatic carbocycles. The highest BCUT2D eigenvalue weighted by Crippen LogP contribution is 2.20. The molecule has 1 amide bonds. The Kier molecular flexibility index (Phi) is 1.59. The van der Waals surface area contributed by atoms with E-state index in [0.717, 1.165) is 5.56 Å². The second-order valence-corrected chi connectivity index (χ2v) is 2.80. The van der Waals surface area contributed by atoms with E-state index in [0.29, 0.717) is 12.1 Å². The van der Waals surface area contributed by atoms with Crippen LogP contribution in [0.2, 0.25) is 0 Å². The van der Waals surface area contributed by atoms with E-state index >= 15 is 0 Å². The smallest absolute Gasteiger partial charge is 0.256 e. The Balaban J connectivity index is 2.42. The molecular formula is C9H9NO2. The molecule has 1 aromatic rings. The number of hydrogen-bond acceptors (Lipinski definition) is 2. The van der Waals surface area contributed by atoms with Gasteiger partial charge in [0, 0.05) is 12.1 Å². The zero-order valence-electron chi connectivity index (χ0n) is 6.53. The zero-order chi connectivity index (χ0) is 8.55. The maximum Gasteiger partial charge on any atom is 0.256 e. The van der Waals surface area contributed by atoms with Crippen molar-refractivity contribution in [3.63, 3.8) is 0 Å². The fraction of sp³-hybridized carbons (Fsp3) is 0.222. The molecular weight excluding hydrogens is 154 g/mol. The summed E-state index contributed by atoms with van der Waals surface area (Å²) in [6, 6.07) is 7.42. The van der Waals surface area contributed by atoms with Gasteiger partial charge in [-0.1, -0.05) is 18.2 Å². The van der Waals surface area contributed by atoms with Crippen molar-refractivity contribution in [2.75, 3.05) is 6.73 Å². The fourth-order valence-electron chi connectivity index (χ4n) is 1.43. The molecule has 1 aliphatic rings. The van der Waals surface area contributed by atoms with Crippen LogP contribution < -0.4 is 0 Å². The summed E-state index contributed by atoms with van der Waals surface area (Å²) in [5, 5.41) is 8.81. The standard InChI is InChI=1S/C9H9NO2/c11-6-10-5-7-3-1-2-4-8(7)9(10)12/h1-4,11H,5-6H2. The third-order valence-corrected chi connectivity index (χ3v) is 2.07. The average molecular weight is 163 g/mol. The molecule has 62 valence electrons. The Morgan fingerprint density at radius 2 is 2.17 bits per heavy atom. The lowest BCUT2D eigenvalue weighted by atomic mass is 10.1. The highest BCUT2D eigenvalue weighted by atomic mass is 16.3. The Morgan fingerprint density at radius 1 is 1.42 bits per heavy atom. The lowest BCUT2D eigenvalue weighted by Crippen LogP contribution is -2.24. The summed E-state index contributed by atoms with van der Waals surface area (Å²) in [4.78, 5) is 12.8. The third kappa shape index (κ3) is 0.905. The maximum atomic E-state index is 11.4. The molecule has 1 N–H and O–H groups in total. The van der Waals surface area contributed by atoms with E-state index in [1.54, 1.807) is 6.07 Å². The molecule has 3 heteroatoms. The van der Waals surface area contributed by atoms with Crippen molar-refractivity contribution in [2.45, 2.75) is 6.54 Å². The molecule has 0 fully saturated rings. The van der Waals surface area contributed by atoms with Crippen molar-refractivity contribution in [3.8, 4) is 0 Å². The first-order valence-corrected chi connectivity index (χ1v) is 3.81. The predicted octanol–water partition coefficient (Wildman–Crippen LogP) is 0.592. The van der Waals surface area contributed by atoms with E-state index in [9.17, 15) is 4.79 Å². The molecule has 12 heavy (non-hydrogen) atoms. The largest absolute Gasteiger partial charge is 0.376 e. The lowest BCUT2D eigenvalue weighted by Gasteiger charge is -2.09. The van der Waals surface area contributed by atoms with Crippen LogP contribution in [-0.4, -0.2) is 22.6 Å². The minimum Gasteiger partial charge on any atom is -0.376 e. The van der Waals surface area contributed by atoms with E-state index in [-0.39, 0.29) is 12.6 Å². The minimum absolute atomic E-state index is 0.0758. The second kappa shape index (κ2) is 2.60. The highest BCUT2D eigenvalue weighted by Gasteiger charge is 2.25. The van der Waals surface area contributed by atoms with Crippen LogP contribution in [0.15, 0.2) is 24.3 Å². The molecule has 1 heterocycles. The number of aliphatic hydroxyl groups excluding tert-OH is 1. The molecule has 2 rings (SSSR count). The Hall–Kier alpha value is -1.35. The molecule has 0 radical (unpaired) electrons. The number of nitrogens with zero attached hydrogens (tertiary/aromatic N) is 1. The highest BCUT2D eigenvalue weighted by molar-refractivity contribution is 5.98. The molecule has 0 unspecified atom stereocenters. The fourth-order valence-corrected chi connectivity index (χ4v) is 1.43. The summed E-state index contributed by atoms with van der Waals surface area (Å²) < 4.78 is 0. The van der Waals surface area contributed by atoms with Gasteiger partial charge in [0.2, 0.25) is 0 Å². The molecule has 0 spiro atoms. The van der Waals surface area contributed by atoms with Crippen molar-refractivity contribution in [2.24, 2.45) is 0 Å². The second-order valence-electron chi connectivity index (χ2n) is 2.80. The van der Waals surface area contributed by atoms with Gasteiger partial charge in [0.05, 0.1) is 0 Å². The van der Waals surface area contributed by atoms with Crippen molar-refractivity contribution in [3.05, 3.63) is 35.4 Å². The molecule has 1 aliphatic heterocycles. The number of fused-ring (bicyclic) bond motifs is 1. The van der Waals surface area contributed by atoms with Gasteiger partial charge in [-0.2, -0.15) is 0 Å². The molecule has 3 nitrogen and oxygen atoms in total. The molecule has 0 saturated heterocycles. The van der Waals surface area contributed by atoms with Gasteiger partial charge in [-0.25, -0.2) is 0 Å². The van der Waals surface area contributed by atoms with Crippen LogP contribution in [0.1, 0.15) is 15.9 Å². The number of carbonyl (C=O) groups excluding carboxylic acids is 1. The SMILES string of the molecule is O=C1c2ccccc2CN1CO. The summed E-state index contributed by atoms with van der Waals surface area (Å²) in [6.07, 6.45) is 0. The molecule has 1 aromatic carbocycles. The normalized spacial score (nSPS) is 15.1. The summed E-state index contributed by atoms with van der Waals surface area (Å²) in [5.41, 5.74) is 1.71. The molecule has 0 bridgehead atoms. The monoisotopic (exact) mass is 163 g/mol. The van der Waals surface area contributed by atoms with E-state index in [4.69, 9.17) is 5.11 Å². The predicted molar refractivity (Wildman–Crippen MR) is 43.4 cm³/mol. The van der Waals surface area contributed by atoms with Gasteiger partial charge in [-0.05, 0) is 11.6 Å². The van der Waals surface area contributed by atoms with Crippen molar-refractivity contribution in [1.82, 2.24) is 4.90 Å². The first-order chi connectivity index (χ1) is 5.83. The van der Waals surface area contributed by atoms with Gasteiger partial charge in [-0.3, -0.25) is 4.79 Å². The molecule has 0 aromatic heterocycles. The van der Waals surface area contributed by atoms with Gasteiger partial charge < -0.3 is 10.0 Å². The minimum atomic E-state index is -0.201. The first kappa shape index (κ1) is 7.31. The summed E-state index contributed by atoms with van der Waals surface area (Å²) in [7, 11) is 0. The number of amides is 1. The first-order valence-electron chi connectivity index (χ1n) is 3.81. The summed E-state index contributed by atoms with van der Waals surface area (Å²) >= 11 is 0. The summed E-state index contributed by atoms with van der Waals surface area (Å²) in [5.74, 6) is -0.0758. The van der Waals surface area contributed by atoms with Crippen LogP contribution in [0.3, 0.4) is 0 Å². The number of benzene rings is 1. The van der Waals surface area contributed by atoms with E-state index in [2.05, 4.69) is 0 Å². The van der Waals surface area contributed by atoms with Crippen LogP contribution in [0, 0.1) is 0 Å². The zero-order valence-corrected chi connectivity index (χ0v) is 6.53. The molecule has 0 saturated carbocycles. The number of carbonyl (C=O) groups is 1. The van der Waals surface area contributed by atoms with Gasteiger partial charge in [-0.15, -0.1) is 0 Å². The lowest BCUT2D eigenvalue weighted by molar-refractivity contribution is 0.0580. The van der Waals surface area contributed by atoms with Gasteiger partial charge in [0.25, 0.3) is 5.91 Å². The van der Waals surface area contributed by atoms with E-state index in [1.165, 1.54) is 4.90 Å². The van der Waals surface area contributed by atoms with Crippen LogP contribution in [0.4, 0.5) is 0 Å². The average Bonchev–Trinajstić information content (AvgIpc) is 2.44. The van der Waals surface area contributed by atoms with Crippen LogP contribution >= 0.6 is 0 Å². The van der Waals surface area contributed by atoms with Gasteiger partial charge in [0.1, 0.15) is 6.73 Å². The van der Waals surface area contributed by atoms with Crippen molar-refractivity contribution >= 4 is 5.91 Å². The van der Waals surface area contributed by atoms with Crippen molar-refractivity contribution < 1.29 is 9.90 Å². The van der Waals surface area contributed by atoms with Gasteiger partial charge >= 0.3 is 0 Å². The van der Waals surface area contributed by atoms with Crippen LogP contribution in [0.25, 0.3) is 0 Å². The van der Waals surface area contributed by atoms with Crippen LogP contribution in [-0.2, 0) is 6.54 Å². The molecule has 0 atom stereocenters. The number of aliphatic hydroxyl groups is 1. The van der Waals surface area contributed by atoms with Crippen molar-refractivity contribution in [1.29, 1.82) is 0 Å². The Bertz CT molecular complexity index is 322. The van der Waals surface area contributed by atoms with E-state index in [1.807, 2.05) is 18.2 Å². The maximum absolute atomic E-state index is 11.4. The summed E-state index contributed by atoms with van der Waals surface area (Å²) in [6.45, 7) is 0.332. The third-order valence-electron chi connectivity index (χ3n) is 2.07. The number of hydrogen-bond donors (Lipinski definition) is 1. The van der Waals surface area contributed by atoms with E-state index < -0.39 is 0 Å². The Labute approximate surface area is 70.2 Å². The van der Waals surface area contributed by atoms with Crippen LogP contribution in [0.5, 0.6) is 0 Å². The number of rotatable bonds is 1. The van der Waals surface area contributed by atoms with Gasteiger partial charge in [0.15, 0.2) is 0 Å². The quantitative estimate of drug-likeness (QED) is 0.658. The topological polar surface area (TPSA) is 40.5 Å². The Morgan fingerprint density at radius 3 is 2.83 bits per heavy atom.